The van der Waals surface area contributed by atoms with E-state index >= 15 is 0 Å². The number of aromatic nitrogens is 1. The van der Waals surface area contributed by atoms with Crippen molar-refractivity contribution in [2.24, 2.45) is 0 Å². The molecular formula is C27H31N3O5. The summed E-state index contributed by atoms with van der Waals surface area (Å²) in [6.45, 7) is 5.76. The highest BCUT2D eigenvalue weighted by atomic mass is 16.6. The molecule has 0 spiro atoms. The number of carbonyl (C=O) groups excluding carboxylic acids is 2. The van der Waals surface area contributed by atoms with Gasteiger partial charge in [0, 0.05) is 41.8 Å². The SMILES string of the molecule is CCOC(=O)N1CCC(n2ccc3c(NC(=O)Cc4ccc(OCC)cc4)cccc3c2=O)CC1. The Bertz CT molecular complexity index is 1240. The lowest BCUT2D eigenvalue weighted by atomic mass is 10.0. The summed E-state index contributed by atoms with van der Waals surface area (Å²) in [4.78, 5) is 39.6. The van der Waals surface area contributed by atoms with Gasteiger partial charge in [0.1, 0.15) is 5.75 Å². The molecule has 2 aromatic carbocycles. The largest absolute Gasteiger partial charge is 0.494 e. The van der Waals surface area contributed by atoms with Crippen LogP contribution in [0.5, 0.6) is 5.75 Å². The number of fused-ring (bicyclic) bond motifs is 1. The van der Waals surface area contributed by atoms with Gasteiger partial charge in [0.2, 0.25) is 5.91 Å². The monoisotopic (exact) mass is 477 g/mol. The molecule has 35 heavy (non-hydrogen) atoms. The number of rotatable bonds is 7. The Morgan fingerprint density at radius 3 is 2.40 bits per heavy atom. The molecule has 2 amide bonds. The summed E-state index contributed by atoms with van der Waals surface area (Å²) in [5, 5.41) is 4.21. The zero-order valence-corrected chi connectivity index (χ0v) is 20.2. The molecule has 0 bridgehead atoms. The van der Waals surface area contributed by atoms with Crippen molar-refractivity contribution >= 4 is 28.5 Å². The third kappa shape index (κ3) is 5.65. The van der Waals surface area contributed by atoms with E-state index in [0.717, 1.165) is 11.3 Å². The van der Waals surface area contributed by atoms with Crippen LogP contribution in [-0.2, 0) is 16.0 Å². The number of hydrogen-bond acceptors (Lipinski definition) is 5. The van der Waals surface area contributed by atoms with Gasteiger partial charge in [-0.15, -0.1) is 0 Å². The Labute approximate surface area is 204 Å². The molecule has 8 heteroatoms. The van der Waals surface area contributed by atoms with Crippen LogP contribution in [0.1, 0.15) is 38.3 Å². The molecule has 1 aromatic heterocycles. The average Bonchev–Trinajstić information content (AvgIpc) is 2.86. The van der Waals surface area contributed by atoms with Crippen molar-refractivity contribution in [3.05, 3.63) is 70.6 Å². The van der Waals surface area contributed by atoms with E-state index < -0.39 is 0 Å². The van der Waals surface area contributed by atoms with E-state index in [-0.39, 0.29) is 30.0 Å². The molecule has 184 valence electrons. The molecular weight excluding hydrogens is 446 g/mol. The van der Waals surface area contributed by atoms with Crippen LogP contribution in [0.25, 0.3) is 10.8 Å². The van der Waals surface area contributed by atoms with E-state index in [1.807, 2.05) is 37.3 Å². The lowest BCUT2D eigenvalue weighted by Crippen LogP contribution is -2.41. The Morgan fingerprint density at radius 1 is 0.971 bits per heavy atom. The summed E-state index contributed by atoms with van der Waals surface area (Å²) in [5.41, 5.74) is 1.39. The van der Waals surface area contributed by atoms with Crippen molar-refractivity contribution in [1.29, 1.82) is 0 Å². The van der Waals surface area contributed by atoms with Gasteiger partial charge in [-0.3, -0.25) is 9.59 Å². The van der Waals surface area contributed by atoms with Crippen molar-refractivity contribution in [2.75, 3.05) is 31.6 Å². The van der Waals surface area contributed by atoms with Crippen molar-refractivity contribution < 1.29 is 19.1 Å². The number of piperidine rings is 1. The molecule has 0 saturated carbocycles. The Kier molecular flexibility index (Phi) is 7.70. The highest BCUT2D eigenvalue weighted by molar-refractivity contribution is 6.02. The summed E-state index contributed by atoms with van der Waals surface area (Å²) in [6, 6.07) is 14.7. The van der Waals surface area contributed by atoms with Crippen molar-refractivity contribution in [3.8, 4) is 5.75 Å². The van der Waals surface area contributed by atoms with E-state index in [4.69, 9.17) is 9.47 Å². The van der Waals surface area contributed by atoms with Gasteiger partial charge in [-0.25, -0.2) is 4.79 Å². The number of ether oxygens (including phenoxy) is 2. The maximum absolute atomic E-state index is 13.3. The molecule has 1 aliphatic rings. The summed E-state index contributed by atoms with van der Waals surface area (Å²) in [5.74, 6) is 0.616. The molecule has 0 aliphatic carbocycles. The number of likely N-dealkylation sites (tertiary alicyclic amines) is 1. The first-order valence-corrected chi connectivity index (χ1v) is 12.1. The molecule has 0 atom stereocenters. The molecule has 1 saturated heterocycles. The number of nitrogens with zero attached hydrogens (tertiary/aromatic N) is 2. The van der Waals surface area contributed by atoms with Crippen LogP contribution in [0.15, 0.2) is 59.5 Å². The van der Waals surface area contributed by atoms with E-state index in [0.29, 0.717) is 55.6 Å². The van der Waals surface area contributed by atoms with Crippen molar-refractivity contribution in [2.45, 2.75) is 39.2 Å². The molecule has 0 radical (unpaired) electrons. The number of amides is 2. The van der Waals surface area contributed by atoms with E-state index in [2.05, 4.69) is 5.32 Å². The molecule has 8 nitrogen and oxygen atoms in total. The van der Waals surface area contributed by atoms with Gasteiger partial charge in [0.05, 0.1) is 19.6 Å². The van der Waals surface area contributed by atoms with E-state index in [9.17, 15) is 14.4 Å². The number of nitrogens with one attached hydrogen (secondary N) is 1. The maximum atomic E-state index is 13.3. The van der Waals surface area contributed by atoms with Crippen LogP contribution in [0.2, 0.25) is 0 Å². The van der Waals surface area contributed by atoms with Gasteiger partial charge in [-0.2, -0.15) is 0 Å². The second kappa shape index (κ2) is 11.1. The standard InChI is InChI=1S/C27H31N3O5/c1-3-34-21-10-8-19(9-11-21)18-25(31)28-24-7-5-6-23-22(24)14-17-30(26(23)32)20-12-15-29(16-13-20)27(33)35-4-2/h5-11,14,17,20H,3-4,12-13,15-16,18H2,1-2H3,(H,28,31). The third-order valence-electron chi connectivity index (χ3n) is 6.23. The summed E-state index contributed by atoms with van der Waals surface area (Å²) in [7, 11) is 0. The first-order valence-electron chi connectivity index (χ1n) is 12.1. The van der Waals surface area contributed by atoms with E-state index in [1.165, 1.54) is 0 Å². The summed E-state index contributed by atoms with van der Waals surface area (Å²) >= 11 is 0. The van der Waals surface area contributed by atoms with Crippen molar-refractivity contribution in [3.63, 3.8) is 0 Å². The Morgan fingerprint density at radius 2 is 1.71 bits per heavy atom. The maximum Gasteiger partial charge on any atom is 0.409 e. The van der Waals surface area contributed by atoms with Crippen LogP contribution < -0.4 is 15.6 Å². The second-order valence-corrected chi connectivity index (χ2v) is 8.51. The van der Waals surface area contributed by atoms with Gasteiger partial charge in [0.25, 0.3) is 5.56 Å². The molecule has 1 aliphatic heterocycles. The number of carbonyl (C=O) groups is 2. The van der Waals surface area contributed by atoms with Crippen LogP contribution in [0.3, 0.4) is 0 Å². The van der Waals surface area contributed by atoms with Crippen LogP contribution >= 0.6 is 0 Å². The number of pyridine rings is 1. The smallest absolute Gasteiger partial charge is 0.409 e. The average molecular weight is 478 g/mol. The zero-order chi connectivity index (χ0) is 24.8. The predicted molar refractivity (Wildman–Crippen MR) is 135 cm³/mol. The first-order chi connectivity index (χ1) is 17.0. The fourth-order valence-corrected chi connectivity index (χ4v) is 4.48. The normalized spacial score (nSPS) is 14.1. The molecule has 2 heterocycles. The van der Waals surface area contributed by atoms with Crippen LogP contribution in [-0.4, -0.2) is 47.8 Å². The second-order valence-electron chi connectivity index (χ2n) is 8.51. The fourth-order valence-electron chi connectivity index (χ4n) is 4.48. The molecule has 1 N–H and O–H groups in total. The number of hydrogen-bond donors (Lipinski definition) is 1. The topological polar surface area (TPSA) is 89.9 Å². The van der Waals surface area contributed by atoms with Gasteiger partial charge in [0.15, 0.2) is 0 Å². The Hall–Kier alpha value is -3.81. The van der Waals surface area contributed by atoms with Gasteiger partial charge >= 0.3 is 6.09 Å². The van der Waals surface area contributed by atoms with Gasteiger partial charge in [-0.05, 0) is 62.6 Å². The van der Waals surface area contributed by atoms with Crippen LogP contribution in [0.4, 0.5) is 10.5 Å². The fraction of sp³-hybridized carbons (Fsp3) is 0.370. The quantitative estimate of drug-likeness (QED) is 0.546. The molecule has 4 rings (SSSR count). The molecule has 1 fully saturated rings. The highest BCUT2D eigenvalue weighted by Gasteiger charge is 2.25. The molecule has 0 unspecified atom stereocenters. The minimum atomic E-state index is -0.303. The highest BCUT2D eigenvalue weighted by Crippen LogP contribution is 2.25. The minimum absolute atomic E-state index is 0.00971. The summed E-state index contributed by atoms with van der Waals surface area (Å²) < 4.78 is 12.3. The van der Waals surface area contributed by atoms with Gasteiger partial charge < -0.3 is 24.3 Å². The van der Waals surface area contributed by atoms with Crippen LogP contribution in [0, 0.1) is 0 Å². The lowest BCUT2D eigenvalue weighted by molar-refractivity contribution is -0.115. The molecule has 3 aromatic rings. The predicted octanol–water partition coefficient (Wildman–Crippen LogP) is 4.37. The Balaban J connectivity index is 1.46. The van der Waals surface area contributed by atoms with Gasteiger partial charge in [-0.1, -0.05) is 18.2 Å². The summed E-state index contributed by atoms with van der Waals surface area (Å²) in [6.07, 6.45) is 3.07. The lowest BCUT2D eigenvalue weighted by Gasteiger charge is -2.32. The number of benzene rings is 2. The van der Waals surface area contributed by atoms with E-state index in [1.54, 1.807) is 40.8 Å². The van der Waals surface area contributed by atoms with Crippen molar-refractivity contribution in [1.82, 2.24) is 9.47 Å². The first kappa shape index (κ1) is 24.3. The number of anilines is 1. The zero-order valence-electron chi connectivity index (χ0n) is 20.2. The minimum Gasteiger partial charge on any atom is -0.494 e. The third-order valence-corrected chi connectivity index (χ3v) is 6.23.